The first-order valence-corrected chi connectivity index (χ1v) is 6.02. The van der Waals surface area contributed by atoms with Gasteiger partial charge in [-0.3, -0.25) is 4.98 Å². The van der Waals surface area contributed by atoms with Gasteiger partial charge in [-0.05, 0) is 6.92 Å². The van der Waals surface area contributed by atoms with Crippen LogP contribution in [0.4, 0.5) is 0 Å². The van der Waals surface area contributed by atoms with Crippen molar-refractivity contribution in [2.45, 2.75) is 6.92 Å². The molecule has 0 aliphatic heterocycles. The SMILES string of the molecule is Cc1nc(-n2ncc3c(C(=O)O)cncc32)cs1. The number of fused-ring (bicyclic) bond motifs is 1. The summed E-state index contributed by atoms with van der Waals surface area (Å²) in [5.74, 6) is -0.334. The van der Waals surface area contributed by atoms with Crippen LogP contribution in [-0.4, -0.2) is 30.8 Å². The lowest BCUT2D eigenvalue weighted by Crippen LogP contribution is -2.00. The standard InChI is InChI=1S/C11H8N4O2S/c1-6-14-10(5-18-6)15-9-4-12-2-8(11(16)17)7(9)3-13-15/h2-5H,1H3,(H,16,17). The summed E-state index contributed by atoms with van der Waals surface area (Å²) in [5, 5.41) is 16.6. The minimum absolute atomic E-state index is 0.144. The lowest BCUT2D eigenvalue weighted by molar-refractivity contribution is 0.0698. The summed E-state index contributed by atoms with van der Waals surface area (Å²) in [6, 6.07) is 0. The van der Waals surface area contributed by atoms with Crippen molar-refractivity contribution < 1.29 is 9.90 Å². The second kappa shape index (κ2) is 3.88. The maximum Gasteiger partial charge on any atom is 0.338 e. The Morgan fingerprint density at radius 2 is 2.22 bits per heavy atom. The van der Waals surface area contributed by atoms with Crippen molar-refractivity contribution >= 4 is 28.2 Å². The third-order valence-electron chi connectivity index (χ3n) is 2.55. The van der Waals surface area contributed by atoms with Crippen molar-refractivity contribution in [2.75, 3.05) is 0 Å². The minimum atomic E-state index is -1.01. The number of carboxylic acids is 1. The number of aryl methyl sites for hydroxylation is 1. The average Bonchev–Trinajstić information content (AvgIpc) is 2.93. The quantitative estimate of drug-likeness (QED) is 0.760. The zero-order valence-electron chi connectivity index (χ0n) is 9.36. The Morgan fingerprint density at radius 1 is 1.39 bits per heavy atom. The van der Waals surface area contributed by atoms with Gasteiger partial charge in [0.2, 0.25) is 0 Å². The summed E-state index contributed by atoms with van der Waals surface area (Å²) in [6.07, 6.45) is 4.43. The molecule has 0 saturated carbocycles. The largest absolute Gasteiger partial charge is 0.478 e. The van der Waals surface area contributed by atoms with Crippen LogP contribution in [0.25, 0.3) is 16.7 Å². The molecule has 0 saturated heterocycles. The zero-order valence-corrected chi connectivity index (χ0v) is 10.2. The third-order valence-corrected chi connectivity index (χ3v) is 3.31. The normalized spacial score (nSPS) is 10.9. The number of hydrogen-bond acceptors (Lipinski definition) is 5. The maximum atomic E-state index is 11.1. The first-order valence-electron chi connectivity index (χ1n) is 5.14. The molecule has 7 heteroatoms. The van der Waals surface area contributed by atoms with Crippen LogP contribution < -0.4 is 0 Å². The van der Waals surface area contributed by atoms with Gasteiger partial charge in [-0.2, -0.15) is 5.10 Å². The first kappa shape index (κ1) is 10.8. The van der Waals surface area contributed by atoms with E-state index in [2.05, 4.69) is 15.1 Å². The molecule has 3 aromatic heterocycles. The van der Waals surface area contributed by atoms with E-state index in [0.29, 0.717) is 16.7 Å². The molecule has 0 radical (unpaired) electrons. The van der Waals surface area contributed by atoms with Gasteiger partial charge in [-0.25, -0.2) is 14.5 Å². The fraction of sp³-hybridized carbons (Fsp3) is 0.0909. The first-order chi connectivity index (χ1) is 8.66. The molecule has 0 bridgehead atoms. The number of aromatic carboxylic acids is 1. The highest BCUT2D eigenvalue weighted by molar-refractivity contribution is 7.09. The number of rotatable bonds is 2. The van der Waals surface area contributed by atoms with Crippen molar-refractivity contribution in [3.05, 3.63) is 34.5 Å². The summed E-state index contributed by atoms with van der Waals surface area (Å²) in [4.78, 5) is 19.3. The van der Waals surface area contributed by atoms with Crippen molar-refractivity contribution in [2.24, 2.45) is 0 Å². The van der Waals surface area contributed by atoms with Crippen LogP contribution in [0.2, 0.25) is 0 Å². The number of carbonyl (C=O) groups is 1. The van der Waals surface area contributed by atoms with Gasteiger partial charge in [0, 0.05) is 17.0 Å². The van der Waals surface area contributed by atoms with Gasteiger partial charge >= 0.3 is 5.97 Å². The van der Waals surface area contributed by atoms with E-state index in [1.54, 1.807) is 10.9 Å². The van der Waals surface area contributed by atoms with E-state index in [1.165, 1.54) is 23.7 Å². The summed E-state index contributed by atoms with van der Waals surface area (Å²) in [7, 11) is 0. The van der Waals surface area contributed by atoms with Crippen molar-refractivity contribution in [1.82, 2.24) is 19.7 Å². The Balaban J connectivity index is 2.27. The maximum absolute atomic E-state index is 11.1. The van der Waals surface area contributed by atoms with Gasteiger partial charge in [-0.1, -0.05) is 0 Å². The molecule has 3 aromatic rings. The van der Waals surface area contributed by atoms with E-state index in [9.17, 15) is 4.79 Å². The Morgan fingerprint density at radius 3 is 2.89 bits per heavy atom. The minimum Gasteiger partial charge on any atom is -0.478 e. The molecular weight excluding hydrogens is 252 g/mol. The number of nitrogens with zero attached hydrogens (tertiary/aromatic N) is 4. The smallest absolute Gasteiger partial charge is 0.338 e. The lowest BCUT2D eigenvalue weighted by Gasteiger charge is -1.99. The third kappa shape index (κ3) is 1.56. The molecule has 90 valence electrons. The van der Waals surface area contributed by atoms with Crippen LogP contribution in [0, 0.1) is 6.92 Å². The molecule has 0 spiro atoms. The molecule has 0 unspecified atom stereocenters. The number of carboxylic acid groups (broad SMARTS) is 1. The van der Waals surface area contributed by atoms with Gasteiger partial charge in [-0.15, -0.1) is 11.3 Å². The van der Waals surface area contributed by atoms with Crippen LogP contribution in [0.3, 0.4) is 0 Å². The average molecular weight is 260 g/mol. The van der Waals surface area contributed by atoms with Crippen molar-refractivity contribution in [1.29, 1.82) is 0 Å². The van der Waals surface area contributed by atoms with Crippen LogP contribution in [0.1, 0.15) is 15.4 Å². The number of thiazole rings is 1. The molecule has 0 amide bonds. The Kier molecular flexibility index (Phi) is 2.34. The fourth-order valence-electron chi connectivity index (χ4n) is 1.74. The van der Waals surface area contributed by atoms with Crippen LogP contribution in [-0.2, 0) is 0 Å². The lowest BCUT2D eigenvalue weighted by atomic mass is 10.2. The van der Waals surface area contributed by atoms with Crippen molar-refractivity contribution in [3.8, 4) is 5.82 Å². The van der Waals surface area contributed by atoms with E-state index >= 15 is 0 Å². The van der Waals surface area contributed by atoms with Crippen LogP contribution >= 0.6 is 11.3 Å². The summed E-state index contributed by atoms with van der Waals surface area (Å²) < 4.78 is 1.60. The molecule has 6 nitrogen and oxygen atoms in total. The molecule has 0 aliphatic rings. The van der Waals surface area contributed by atoms with Crippen LogP contribution in [0.15, 0.2) is 24.0 Å². The Hall–Kier alpha value is -2.28. The van der Waals surface area contributed by atoms with E-state index in [4.69, 9.17) is 5.11 Å². The van der Waals surface area contributed by atoms with Crippen molar-refractivity contribution in [3.63, 3.8) is 0 Å². The molecule has 0 atom stereocenters. The highest BCUT2D eigenvalue weighted by Crippen LogP contribution is 2.21. The molecular formula is C11H8N4O2S. The zero-order chi connectivity index (χ0) is 12.7. The van der Waals surface area contributed by atoms with Gasteiger partial charge < -0.3 is 5.11 Å². The van der Waals surface area contributed by atoms with E-state index in [0.717, 1.165) is 5.01 Å². The molecule has 3 rings (SSSR count). The van der Waals surface area contributed by atoms with E-state index < -0.39 is 5.97 Å². The molecule has 0 fully saturated rings. The van der Waals surface area contributed by atoms with Crippen LogP contribution in [0.5, 0.6) is 0 Å². The summed E-state index contributed by atoms with van der Waals surface area (Å²) in [5.41, 5.74) is 0.783. The monoisotopic (exact) mass is 260 g/mol. The second-order valence-electron chi connectivity index (χ2n) is 3.71. The predicted octanol–water partition coefficient (Wildman–Crippen LogP) is 1.88. The second-order valence-corrected chi connectivity index (χ2v) is 4.77. The number of pyridine rings is 1. The molecule has 0 aliphatic carbocycles. The fourth-order valence-corrected chi connectivity index (χ4v) is 2.32. The molecule has 18 heavy (non-hydrogen) atoms. The Bertz CT molecular complexity index is 746. The van der Waals surface area contributed by atoms with E-state index in [1.807, 2.05) is 12.3 Å². The number of aromatic nitrogens is 4. The van der Waals surface area contributed by atoms with Gasteiger partial charge in [0.15, 0.2) is 5.82 Å². The molecule has 3 heterocycles. The van der Waals surface area contributed by atoms with Gasteiger partial charge in [0.05, 0.1) is 28.5 Å². The topological polar surface area (TPSA) is 80.9 Å². The number of hydrogen-bond donors (Lipinski definition) is 1. The summed E-state index contributed by atoms with van der Waals surface area (Å²) in [6.45, 7) is 1.90. The van der Waals surface area contributed by atoms with Gasteiger partial charge in [0.1, 0.15) is 0 Å². The predicted molar refractivity (Wildman–Crippen MR) is 66.2 cm³/mol. The van der Waals surface area contributed by atoms with Gasteiger partial charge in [0.25, 0.3) is 0 Å². The molecule has 0 aromatic carbocycles. The highest BCUT2D eigenvalue weighted by atomic mass is 32.1. The highest BCUT2D eigenvalue weighted by Gasteiger charge is 2.14. The summed E-state index contributed by atoms with van der Waals surface area (Å²) >= 11 is 1.51. The van der Waals surface area contributed by atoms with E-state index in [-0.39, 0.29) is 5.56 Å². The molecule has 1 N–H and O–H groups in total. The Labute approximate surface area is 106 Å².